The molecule has 1 saturated heterocycles. The minimum absolute atomic E-state index is 0.0285. The predicted molar refractivity (Wildman–Crippen MR) is 84.6 cm³/mol. The summed E-state index contributed by atoms with van der Waals surface area (Å²) in [6.07, 6.45) is 4.07. The summed E-state index contributed by atoms with van der Waals surface area (Å²) in [5, 5.41) is 7.27. The van der Waals surface area contributed by atoms with Crippen LogP contribution in [0.25, 0.3) is 0 Å². The first-order valence-corrected chi connectivity index (χ1v) is 8.74. The molecule has 1 N–H and O–H groups in total. The fourth-order valence-electron chi connectivity index (χ4n) is 2.69. The summed E-state index contributed by atoms with van der Waals surface area (Å²) >= 11 is 6.84. The van der Waals surface area contributed by atoms with Crippen molar-refractivity contribution in [2.75, 3.05) is 19.3 Å². The summed E-state index contributed by atoms with van der Waals surface area (Å²) in [4.78, 5) is 14.3. The van der Waals surface area contributed by atoms with Crippen LogP contribution < -0.4 is 0 Å². The Morgan fingerprint density at radius 1 is 1.65 bits per heavy atom. The Morgan fingerprint density at radius 3 is 3.05 bits per heavy atom. The van der Waals surface area contributed by atoms with Gasteiger partial charge in [-0.1, -0.05) is 0 Å². The molecule has 2 rings (SSSR count). The van der Waals surface area contributed by atoms with Gasteiger partial charge in [-0.05, 0) is 45.2 Å². The zero-order valence-corrected chi connectivity index (χ0v) is 13.9. The van der Waals surface area contributed by atoms with E-state index in [9.17, 15) is 4.79 Å². The third kappa shape index (κ3) is 3.09. The molecule has 1 fully saturated rings. The lowest BCUT2D eigenvalue weighted by molar-refractivity contribution is -0.131. The maximum Gasteiger partial charge on any atom is 0.235 e. The molecule has 7 heteroatoms. The molecule has 1 aliphatic heterocycles. The standard InChI is InChI=1S/C13H22N4OS2/c1-4-17-11(14-15-13(17)19)10-6-5-7-16(8-10)12(18)9(2)20-3/h9-10H,4-8H2,1-3H3,(H,15,19)/t9-,10+/m0/s1. The fraction of sp³-hybridized carbons (Fsp3) is 0.769. The van der Waals surface area contributed by atoms with Crippen LogP contribution in [0.1, 0.15) is 38.4 Å². The number of carbonyl (C=O) groups excluding carboxylic acids is 1. The van der Waals surface area contributed by atoms with Crippen LogP contribution in [0, 0.1) is 4.77 Å². The molecule has 2 heterocycles. The number of aromatic amines is 1. The Bertz CT molecular complexity index is 525. The normalized spacial score (nSPS) is 20.9. The molecular weight excluding hydrogens is 292 g/mol. The van der Waals surface area contributed by atoms with E-state index in [1.54, 1.807) is 11.8 Å². The van der Waals surface area contributed by atoms with Gasteiger partial charge in [-0.25, -0.2) is 0 Å². The van der Waals surface area contributed by atoms with E-state index in [-0.39, 0.29) is 17.1 Å². The highest BCUT2D eigenvalue weighted by molar-refractivity contribution is 7.99. The van der Waals surface area contributed by atoms with Crippen molar-refractivity contribution in [1.29, 1.82) is 0 Å². The second-order valence-corrected chi connectivity index (χ2v) is 6.70. The maximum absolute atomic E-state index is 12.3. The van der Waals surface area contributed by atoms with Crippen LogP contribution in [0.5, 0.6) is 0 Å². The van der Waals surface area contributed by atoms with E-state index in [2.05, 4.69) is 17.1 Å². The highest BCUT2D eigenvalue weighted by Crippen LogP contribution is 2.27. The van der Waals surface area contributed by atoms with Gasteiger partial charge in [0.2, 0.25) is 5.91 Å². The number of hydrogen-bond donors (Lipinski definition) is 1. The number of aromatic nitrogens is 3. The number of H-pyrrole nitrogens is 1. The number of piperidine rings is 1. The zero-order chi connectivity index (χ0) is 14.7. The molecule has 1 aromatic heterocycles. The summed E-state index contributed by atoms with van der Waals surface area (Å²) < 4.78 is 2.70. The highest BCUT2D eigenvalue weighted by atomic mass is 32.2. The van der Waals surface area contributed by atoms with E-state index in [1.807, 2.05) is 22.6 Å². The summed E-state index contributed by atoms with van der Waals surface area (Å²) in [5.41, 5.74) is 0. The van der Waals surface area contributed by atoms with Crippen LogP contribution in [0.2, 0.25) is 0 Å². The summed E-state index contributed by atoms with van der Waals surface area (Å²) in [6, 6.07) is 0. The number of hydrogen-bond acceptors (Lipinski definition) is 4. The van der Waals surface area contributed by atoms with E-state index in [0.717, 1.165) is 38.3 Å². The van der Waals surface area contributed by atoms with E-state index >= 15 is 0 Å². The summed E-state index contributed by atoms with van der Waals surface area (Å²) in [6.45, 7) is 6.46. The molecule has 1 amide bonds. The largest absolute Gasteiger partial charge is 0.341 e. The topological polar surface area (TPSA) is 53.9 Å². The number of likely N-dealkylation sites (tertiary alicyclic amines) is 1. The number of thioether (sulfide) groups is 1. The maximum atomic E-state index is 12.3. The second kappa shape index (κ2) is 6.76. The minimum atomic E-state index is 0.0285. The number of nitrogens with one attached hydrogen (secondary N) is 1. The Morgan fingerprint density at radius 2 is 2.40 bits per heavy atom. The zero-order valence-electron chi connectivity index (χ0n) is 12.3. The minimum Gasteiger partial charge on any atom is -0.341 e. The molecule has 0 radical (unpaired) electrons. The van der Waals surface area contributed by atoms with E-state index in [4.69, 9.17) is 12.2 Å². The molecule has 0 aliphatic carbocycles. The van der Waals surface area contributed by atoms with E-state index < -0.39 is 0 Å². The average Bonchev–Trinajstić information content (AvgIpc) is 2.86. The van der Waals surface area contributed by atoms with E-state index in [0.29, 0.717) is 4.77 Å². The molecule has 0 spiro atoms. The van der Waals surface area contributed by atoms with Gasteiger partial charge in [0.1, 0.15) is 5.82 Å². The number of rotatable bonds is 4. The molecule has 5 nitrogen and oxygen atoms in total. The Balaban J connectivity index is 2.14. The van der Waals surface area contributed by atoms with Crippen LogP contribution >= 0.6 is 24.0 Å². The molecule has 1 aromatic rings. The van der Waals surface area contributed by atoms with Gasteiger partial charge in [0, 0.05) is 25.6 Å². The van der Waals surface area contributed by atoms with Crippen molar-refractivity contribution in [1.82, 2.24) is 19.7 Å². The van der Waals surface area contributed by atoms with Gasteiger partial charge in [-0.2, -0.15) is 16.9 Å². The molecule has 20 heavy (non-hydrogen) atoms. The van der Waals surface area contributed by atoms with Gasteiger partial charge in [0.05, 0.1) is 5.25 Å². The fourth-order valence-corrected chi connectivity index (χ4v) is 3.31. The smallest absolute Gasteiger partial charge is 0.235 e. The molecule has 0 bridgehead atoms. The van der Waals surface area contributed by atoms with Crippen molar-refractivity contribution in [2.45, 2.75) is 44.4 Å². The van der Waals surface area contributed by atoms with Gasteiger partial charge in [0.25, 0.3) is 0 Å². The summed E-state index contributed by atoms with van der Waals surface area (Å²) in [7, 11) is 0. The second-order valence-electron chi connectivity index (χ2n) is 5.13. The average molecular weight is 314 g/mol. The summed E-state index contributed by atoms with van der Waals surface area (Å²) in [5.74, 6) is 1.51. The van der Waals surface area contributed by atoms with Gasteiger partial charge >= 0.3 is 0 Å². The molecule has 0 aromatic carbocycles. The lowest BCUT2D eigenvalue weighted by atomic mass is 9.97. The lowest BCUT2D eigenvalue weighted by Crippen LogP contribution is -2.43. The van der Waals surface area contributed by atoms with Crippen molar-refractivity contribution in [2.24, 2.45) is 0 Å². The van der Waals surface area contributed by atoms with Crippen molar-refractivity contribution in [3.63, 3.8) is 0 Å². The Hall–Kier alpha value is -0.820. The number of amides is 1. The van der Waals surface area contributed by atoms with Gasteiger partial charge < -0.3 is 9.47 Å². The first kappa shape index (κ1) is 15.6. The first-order chi connectivity index (χ1) is 9.58. The third-order valence-electron chi connectivity index (χ3n) is 3.90. The van der Waals surface area contributed by atoms with Gasteiger partial charge in [0.15, 0.2) is 4.77 Å². The monoisotopic (exact) mass is 314 g/mol. The highest BCUT2D eigenvalue weighted by Gasteiger charge is 2.29. The van der Waals surface area contributed by atoms with Crippen LogP contribution in [0.4, 0.5) is 0 Å². The molecule has 0 unspecified atom stereocenters. The molecular formula is C13H22N4OS2. The molecule has 0 saturated carbocycles. The SMILES string of the molecule is CCn1c([C@@H]2CCCN(C(=O)[C@H](C)SC)C2)n[nH]c1=S. The Labute approximate surface area is 129 Å². The van der Waals surface area contributed by atoms with Crippen molar-refractivity contribution < 1.29 is 4.79 Å². The predicted octanol–water partition coefficient (Wildman–Crippen LogP) is 2.42. The first-order valence-electron chi connectivity index (χ1n) is 7.05. The third-order valence-corrected chi connectivity index (χ3v) is 5.12. The lowest BCUT2D eigenvalue weighted by Gasteiger charge is -2.33. The van der Waals surface area contributed by atoms with Gasteiger partial charge in [-0.3, -0.25) is 9.89 Å². The van der Waals surface area contributed by atoms with Crippen molar-refractivity contribution in [3.8, 4) is 0 Å². The Kier molecular flexibility index (Phi) is 5.26. The van der Waals surface area contributed by atoms with Crippen LogP contribution in [-0.2, 0) is 11.3 Å². The van der Waals surface area contributed by atoms with Crippen LogP contribution in [0.3, 0.4) is 0 Å². The van der Waals surface area contributed by atoms with Crippen LogP contribution in [-0.4, -0.2) is 50.2 Å². The quantitative estimate of drug-likeness (QED) is 0.867. The van der Waals surface area contributed by atoms with Gasteiger partial charge in [-0.15, -0.1) is 0 Å². The van der Waals surface area contributed by atoms with Crippen molar-refractivity contribution >= 4 is 29.9 Å². The number of nitrogens with zero attached hydrogens (tertiary/aromatic N) is 3. The molecule has 2 atom stereocenters. The number of carbonyl (C=O) groups is 1. The molecule has 1 aliphatic rings. The van der Waals surface area contributed by atoms with E-state index in [1.165, 1.54) is 0 Å². The van der Waals surface area contributed by atoms with Crippen molar-refractivity contribution in [3.05, 3.63) is 10.6 Å². The molecule has 112 valence electrons. The van der Waals surface area contributed by atoms with Crippen LogP contribution in [0.15, 0.2) is 0 Å².